The molecule has 1 saturated heterocycles. The van der Waals surface area contributed by atoms with Gasteiger partial charge in [0.1, 0.15) is 0 Å². The molecule has 0 spiro atoms. The molecule has 1 unspecified atom stereocenters. The number of piperidine rings is 1. The third-order valence-corrected chi connectivity index (χ3v) is 4.53. The Kier molecular flexibility index (Phi) is 4.24. The largest absolute Gasteiger partial charge is 0.340 e. The Labute approximate surface area is 145 Å². The van der Waals surface area contributed by atoms with Crippen LogP contribution in [0.15, 0.2) is 55.0 Å². The van der Waals surface area contributed by atoms with Crippen LogP contribution in [-0.4, -0.2) is 33.9 Å². The number of carbonyl (C=O) groups excluding carboxylic acids is 1. The number of anilines is 2. The number of hydrogen-bond acceptors (Lipinski definition) is 5. The molecular weight excluding hydrogens is 314 g/mol. The first kappa shape index (κ1) is 15.5. The summed E-state index contributed by atoms with van der Waals surface area (Å²) in [6, 6.07) is 11.4. The maximum absolute atomic E-state index is 12.8. The highest BCUT2D eigenvalue weighted by Crippen LogP contribution is 2.25. The smallest absolute Gasteiger partial charge is 0.229 e. The number of carbonyl (C=O) groups is 1. The van der Waals surface area contributed by atoms with E-state index in [0.29, 0.717) is 12.5 Å². The summed E-state index contributed by atoms with van der Waals surface area (Å²) in [5.74, 6) is 0.649. The van der Waals surface area contributed by atoms with E-state index in [0.717, 1.165) is 36.0 Å². The van der Waals surface area contributed by atoms with Crippen LogP contribution in [0.1, 0.15) is 12.8 Å². The molecule has 0 aliphatic carbocycles. The molecule has 1 atom stereocenters. The van der Waals surface area contributed by atoms with Crippen molar-refractivity contribution in [2.75, 3.05) is 23.3 Å². The Bertz CT molecular complexity index is 878. The fourth-order valence-electron chi connectivity index (χ4n) is 3.27. The number of fused-ring (bicyclic) bond motifs is 1. The molecule has 1 aliphatic heterocycles. The lowest BCUT2D eigenvalue weighted by Crippen LogP contribution is -2.41. The predicted octanol–water partition coefficient (Wildman–Crippen LogP) is 2.88. The number of nitrogens with one attached hydrogen (secondary N) is 1. The van der Waals surface area contributed by atoms with Crippen LogP contribution >= 0.6 is 0 Å². The van der Waals surface area contributed by atoms with Gasteiger partial charge in [0.05, 0.1) is 17.1 Å². The molecule has 0 bridgehead atoms. The number of rotatable bonds is 3. The van der Waals surface area contributed by atoms with E-state index in [1.165, 1.54) is 0 Å². The highest BCUT2D eigenvalue weighted by atomic mass is 16.1. The van der Waals surface area contributed by atoms with Gasteiger partial charge in [-0.3, -0.25) is 9.78 Å². The molecule has 25 heavy (non-hydrogen) atoms. The topological polar surface area (TPSA) is 71.0 Å². The predicted molar refractivity (Wildman–Crippen MR) is 97.3 cm³/mol. The van der Waals surface area contributed by atoms with E-state index in [-0.39, 0.29) is 11.8 Å². The van der Waals surface area contributed by atoms with Gasteiger partial charge in [0, 0.05) is 37.1 Å². The zero-order valence-electron chi connectivity index (χ0n) is 13.8. The van der Waals surface area contributed by atoms with E-state index >= 15 is 0 Å². The van der Waals surface area contributed by atoms with Crippen LogP contribution < -0.4 is 10.2 Å². The van der Waals surface area contributed by atoms with Gasteiger partial charge in [-0.15, -0.1) is 0 Å². The summed E-state index contributed by atoms with van der Waals surface area (Å²) in [5.41, 5.74) is 1.69. The van der Waals surface area contributed by atoms with Crippen LogP contribution in [0.4, 0.5) is 11.6 Å². The molecule has 4 rings (SSSR count). The summed E-state index contributed by atoms with van der Waals surface area (Å²) >= 11 is 0. The monoisotopic (exact) mass is 333 g/mol. The second kappa shape index (κ2) is 6.84. The lowest BCUT2D eigenvalue weighted by Gasteiger charge is -2.32. The van der Waals surface area contributed by atoms with Crippen molar-refractivity contribution in [2.24, 2.45) is 5.92 Å². The normalized spacial score (nSPS) is 17.4. The number of amides is 1. The van der Waals surface area contributed by atoms with E-state index in [1.807, 2.05) is 30.3 Å². The molecule has 6 nitrogen and oxygen atoms in total. The van der Waals surface area contributed by atoms with E-state index in [1.54, 1.807) is 24.7 Å². The van der Waals surface area contributed by atoms with Gasteiger partial charge in [-0.1, -0.05) is 6.07 Å². The Morgan fingerprint density at radius 1 is 1.04 bits per heavy atom. The fourth-order valence-corrected chi connectivity index (χ4v) is 3.27. The fraction of sp³-hybridized carbons (Fsp3) is 0.263. The zero-order chi connectivity index (χ0) is 17.1. The van der Waals surface area contributed by atoms with Gasteiger partial charge in [-0.2, -0.15) is 0 Å². The standard InChI is InChI=1S/C19H19N5O/c25-18(23-17-8-1-7-16-15(17)6-2-9-20-16)14-5-3-12-24(13-14)19-21-10-4-11-22-19/h1-2,4,6-11,14H,3,5,12-13H2,(H,23,25). The summed E-state index contributed by atoms with van der Waals surface area (Å²) in [6.07, 6.45) is 7.04. The summed E-state index contributed by atoms with van der Waals surface area (Å²) in [4.78, 5) is 27.8. The third kappa shape index (κ3) is 3.28. The summed E-state index contributed by atoms with van der Waals surface area (Å²) in [6.45, 7) is 1.52. The van der Waals surface area contributed by atoms with Crippen molar-refractivity contribution >= 4 is 28.4 Å². The van der Waals surface area contributed by atoms with Gasteiger partial charge < -0.3 is 10.2 Å². The number of benzene rings is 1. The molecule has 1 N–H and O–H groups in total. The molecule has 1 fully saturated rings. The second-order valence-corrected chi connectivity index (χ2v) is 6.20. The van der Waals surface area contributed by atoms with Gasteiger partial charge >= 0.3 is 0 Å². The minimum Gasteiger partial charge on any atom is -0.340 e. The van der Waals surface area contributed by atoms with Crippen LogP contribution in [0, 0.1) is 5.92 Å². The van der Waals surface area contributed by atoms with Crippen molar-refractivity contribution in [1.82, 2.24) is 15.0 Å². The van der Waals surface area contributed by atoms with Gasteiger partial charge in [0.2, 0.25) is 11.9 Å². The number of pyridine rings is 1. The molecule has 6 heteroatoms. The Hall–Kier alpha value is -3.02. The van der Waals surface area contributed by atoms with Gasteiger partial charge in [0.25, 0.3) is 0 Å². The van der Waals surface area contributed by atoms with Crippen LogP contribution in [0.3, 0.4) is 0 Å². The molecule has 1 amide bonds. The van der Waals surface area contributed by atoms with Crippen molar-refractivity contribution in [1.29, 1.82) is 0 Å². The lowest BCUT2D eigenvalue weighted by molar-refractivity contribution is -0.120. The molecular formula is C19H19N5O. The molecule has 3 aromatic rings. The van der Waals surface area contributed by atoms with Gasteiger partial charge in [-0.05, 0) is 43.2 Å². The minimum atomic E-state index is -0.0792. The van der Waals surface area contributed by atoms with Gasteiger partial charge in [0.15, 0.2) is 0 Å². The number of nitrogens with zero attached hydrogens (tertiary/aromatic N) is 4. The van der Waals surface area contributed by atoms with Crippen LogP contribution in [0.2, 0.25) is 0 Å². The van der Waals surface area contributed by atoms with E-state index in [9.17, 15) is 4.79 Å². The Balaban J connectivity index is 1.51. The molecule has 0 radical (unpaired) electrons. The quantitative estimate of drug-likeness (QED) is 0.798. The van der Waals surface area contributed by atoms with Crippen LogP contribution in [0.5, 0.6) is 0 Å². The number of aromatic nitrogens is 3. The maximum atomic E-state index is 12.8. The highest BCUT2D eigenvalue weighted by Gasteiger charge is 2.27. The first-order chi connectivity index (χ1) is 12.3. The Morgan fingerprint density at radius 3 is 2.76 bits per heavy atom. The average Bonchev–Trinajstić information content (AvgIpc) is 2.69. The van der Waals surface area contributed by atoms with Crippen molar-refractivity contribution < 1.29 is 4.79 Å². The molecule has 3 heterocycles. The first-order valence-electron chi connectivity index (χ1n) is 8.48. The summed E-state index contributed by atoms with van der Waals surface area (Å²) in [7, 11) is 0. The van der Waals surface area contributed by atoms with Crippen molar-refractivity contribution in [2.45, 2.75) is 12.8 Å². The van der Waals surface area contributed by atoms with E-state index in [2.05, 4.69) is 25.2 Å². The molecule has 1 aromatic carbocycles. The first-order valence-corrected chi connectivity index (χ1v) is 8.48. The molecule has 126 valence electrons. The zero-order valence-corrected chi connectivity index (χ0v) is 13.8. The Morgan fingerprint density at radius 2 is 1.88 bits per heavy atom. The SMILES string of the molecule is O=C(Nc1cccc2ncccc12)C1CCCN(c2ncccn2)C1. The summed E-state index contributed by atoms with van der Waals surface area (Å²) in [5, 5.41) is 4.04. The van der Waals surface area contributed by atoms with Crippen molar-refractivity contribution in [3.05, 3.63) is 55.0 Å². The van der Waals surface area contributed by atoms with Crippen molar-refractivity contribution in [3.63, 3.8) is 0 Å². The van der Waals surface area contributed by atoms with E-state index < -0.39 is 0 Å². The average molecular weight is 333 g/mol. The second-order valence-electron chi connectivity index (χ2n) is 6.20. The lowest BCUT2D eigenvalue weighted by atomic mass is 9.97. The van der Waals surface area contributed by atoms with Gasteiger partial charge in [-0.25, -0.2) is 9.97 Å². The highest BCUT2D eigenvalue weighted by molar-refractivity contribution is 6.01. The third-order valence-electron chi connectivity index (χ3n) is 4.53. The molecule has 2 aromatic heterocycles. The molecule has 1 aliphatic rings. The van der Waals surface area contributed by atoms with Crippen molar-refractivity contribution in [3.8, 4) is 0 Å². The minimum absolute atomic E-state index is 0.0389. The van der Waals surface area contributed by atoms with Crippen LogP contribution in [-0.2, 0) is 4.79 Å². The van der Waals surface area contributed by atoms with E-state index in [4.69, 9.17) is 0 Å². The van der Waals surface area contributed by atoms with Crippen LogP contribution in [0.25, 0.3) is 10.9 Å². The number of hydrogen-bond donors (Lipinski definition) is 1. The maximum Gasteiger partial charge on any atom is 0.229 e. The molecule has 0 saturated carbocycles. The summed E-state index contributed by atoms with van der Waals surface area (Å²) < 4.78 is 0.